The number of benzene rings is 1. The summed E-state index contributed by atoms with van der Waals surface area (Å²) in [5.74, 6) is 0.435. The number of carbonyl (C=O) groups is 2. The SMILES string of the molecule is CN=C(NCCCCN1C(=O)c2ccccc2C1=O)NCC1(CCOC)CCC1.I. The fourth-order valence-electron chi connectivity index (χ4n) is 4.05. The normalized spacial score (nSPS) is 17.3. The summed E-state index contributed by atoms with van der Waals surface area (Å²) >= 11 is 0. The van der Waals surface area contributed by atoms with E-state index in [0.717, 1.165) is 44.9 Å². The number of nitrogens with zero attached hydrogens (tertiary/aromatic N) is 2. The molecule has 7 nitrogen and oxygen atoms in total. The van der Waals surface area contributed by atoms with Gasteiger partial charge in [-0.1, -0.05) is 18.6 Å². The summed E-state index contributed by atoms with van der Waals surface area (Å²) in [5, 5.41) is 6.77. The predicted octanol–water partition coefficient (Wildman–Crippen LogP) is 3.05. The zero-order valence-electron chi connectivity index (χ0n) is 17.9. The molecule has 1 aromatic rings. The van der Waals surface area contributed by atoms with Gasteiger partial charge in [0.05, 0.1) is 11.1 Å². The Labute approximate surface area is 196 Å². The van der Waals surface area contributed by atoms with Crippen LogP contribution in [0.3, 0.4) is 0 Å². The van der Waals surface area contributed by atoms with E-state index in [4.69, 9.17) is 4.74 Å². The molecule has 1 fully saturated rings. The highest BCUT2D eigenvalue weighted by atomic mass is 127. The number of hydrogen-bond acceptors (Lipinski definition) is 4. The molecule has 8 heteroatoms. The van der Waals surface area contributed by atoms with Gasteiger partial charge in [-0.3, -0.25) is 19.5 Å². The maximum atomic E-state index is 12.4. The molecule has 0 unspecified atom stereocenters. The Morgan fingerprint density at radius 2 is 1.80 bits per heavy atom. The minimum atomic E-state index is -0.183. The molecule has 166 valence electrons. The molecule has 1 aromatic carbocycles. The monoisotopic (exact) mass is 528 g/mol. The van der Waals surface area contributed by atoms with Crippen LogP contribution in [0.5, 0.6) is 0 Å². The van der Waals surface area contributed by atoms with Gasteiger partial charge in [-0.25, -0.2) is 0 Å². The maximum absolute atomic E-state index is 12.4. The standard InChI is InChI=1S/C22H32N4O3.HI/c1-23-21(25-16-22(10-7-11-22)12-15-29-2)24-13-5-6-14-26-19(27)17-8-3-4-9-18(17)20(26)28;/h3-4,8-9H,5-7,10-16H2,1-2H3,(H2,23,24,25);1H. The predicted molar refractivity (Wildman–Crippen MR) is 129 cm³/mol. The van der Waals surface area contributed by atoms with Crippen molar-refractivity contribution in [3.63, 3.8) is 0 Å². The summed E-state index contributed by atoms with van der Waals surface area (Å²) in [7, 11) is 3.53. The number of aliphatic imine (C=N–C) groups is 1. The molecule has 1 aliphatic carbocycles. The van der Waals surface area contributed by atoms with Crippen LogP contribution < -0.4 is 10.6 Å². The molecule has 0 bridgehead atoms. The molecular weight excluding hydrogens is 495 g/mol. The van der Waals surface area contributed by atoms with Crippen LogP contribution >= 0.6 is 24.0 Å². The van der Waals surface area contributed by atoms with Crippen LogP contribution in [0.4, 0.5) is 0 Å². The third kappa shape index (κ3) is 5.72. The summed E-state index contributed by atoms with van der Waals surface area (Å²) < 4.78 is 5.25. The molecule has 3 rings (SSSR count). The molecule has 0 radical (unpaired) electrons. The second-order valence-electron chi connectivity index (χ2n) is 7.96. The van der Waals surface area contributed by atoms with E-state index in [9.17, 15) is 9.59 Å². The van der Waals surface area contributed by atoms with Crippen molar-refractivity contribution in [1.29, 1.82) is 0 Å². The molecule has 2 N–H and O–H groups in total. The van der Waals surface area contributed by atoms with Gasteiger partial charge >= 0.3 is 0 Å². The van der Waals surface area contributed by atoms with Crippen molar-refractivity contribution in [3.05, 3.63) is 35.4 Å². The van der Waals surface area contributed by atoms with Crippen LogP contribution in [0, 0.1) is 5.41 Å². The summed E-state index contributed by atoms with van der Waals surface area (Å²) in [5.41, 5.74) is 1.36. The van der Waals surface area contributed by atoms with Gasteiger partial charge in [0.25, 0.3) is 11.8 Å². The van der Waals surface area contributed by atoms with Gasteiger partial charge in [-0.05, 0) is 49.7 Å². The van der Waals surface area contributed by atoms with E-state index in [1.54, 1.807) is 38.4 Å². The van der Waals surface area contributed by atoms with Crippen LogP contribution in [-0.2, 0) is 4.74 Å². The average molecular weight is 528 g/mol. The number of methoxy groups -OCH3 is 1. The molecule has 2 amide bonds. The zero-order chi connectivity index (χ0) is 20.7. The molecule has 0 saturated heterocycles. The second kappa shape index (κ2) is 11.6. The fraction of sp³-hybridized carbons (Fsp3) is 0.591. The van der Waals surface area contributed by atoms with Crippen LogP contribution in [-0.4, -0.2) is 63.1 Å². The number of halogens is 1. The van der Waals surface area contributed by atoms with Crippen LogP contribution in [0.25, 0.3) is 0 Å². The first-order valence-corrected chi connectivity index (χ1v) is 10.5. The average Bonchev–Trinajstić information content (AvgIpc) is 2.95. The molecule has 1 aliphatic heterocycles. The third-order valence-electron chi connectivity index (χ3n) is 6.08. The zero-order valence-corrected chi connectivity index (χ0v) is 20.2. The van der Waals surface area contributed by atoms with Crippen molar-refractivity contribution in [3.8, 4) is 0 Å². The number of carbonyl (C=O) groups excluding carboxylic acids is 2. The maximum Gasteiger partial charge on any atom is 0.261 e. The molecule has 0 atom stereocenters. The number of fused-ring (bicyclic) bond motifs is 1. The summed E-state index contributed by atoms with van der Waals surface area (Å²) in [6.45, 7) is 2.89. The molecule has 0 spiro atoms. The highest BCUT2D eigenvalue weighted by Crippen LogP contribution is 2.43. The number of hydrogen-bond donors (Lipinski definition) is 2. The van der Waals surface area contributed by atoms with E-state index in [2.05, 4.69) is 15.6 Å². The van der Waals surface area contributed by atoms with Crippen molar-refractivity contribution in [2.24, 2.45) is 10.4 Å². The summed E-state index contributed by atoms with van der Waals surface area (Å²) in [4.78, 5) is 30.4. The van der Waals surface area contributed by atoms with Gasteiger partial charge in [0.1, 0.15) is 0 Å². The lowest BCUT2D eigenvalue weighted by Gasteiger charge is -2.42. The molecule has 0 aromatic heterocycles. The lowest BCUT2D eigenvalue weighted by Crippen LogP contribution is -2.47. The number of guanidine groups is 1. The Balaban J connectivity index is 0.00000320. The second-order valence-corrected chi connectivity index (χ2v) is 7.96. The minimum absolute atomic E-state index is 0. The molecule has 30 heavy (non-hydrogen) atoms. The topological polar surface area (TPSA) is 83.0 Å². The van der Waals surface area contributed by atoms with E-state index in [-0.39, 0.29) is 35.8 Å². The minimum Gasteiger partial charge on any atom is -0.385 e. The van der Waals surface area contributed by atoms with Crippen molar-refractivity contribution < 1.29 is 14.3 Å². The van der Waals surface area contributed by atoms with Crippen molar-refractivity contribution in [2.45, 2.75) is 38.5 Å². The first-order chi connectivity index (χ1) is 14.1. The van der Waals surface area contributed by atoms with Crippen molar-refractivity contribution in [1.82, 2.24) is 15.5 Å². The van der Waals surface area contributed by atoms with Gasteiger partial charge in [0.15, 0.2) is 5.96 Å². The van der Waals surface area contributed by atoms with Crippen LogP contribution in [0.2, 0.25) is 0 Å². The fourth-order valence-corrected chi connectivity index (χ4v) is 4.05. The highest BCUT2D eigenvalue weighted by Gasteiger charge is 2.36. The first kappa shape index (κ1) is 24.6. The van der Waals surface area contributed by atoms with Gasteiger partial charge in [-0.15, -0.1) is 24.0 Å². The Kier molecular flexibility index (Phi) is 9.54. The third-order valence-corrected chi connectivity index (χ3v) is 6.08. The Hall–Kier alpha value is -1.68. The van der Waals surface area contributed by atoms with E-state index in [1.807, 2.05) is 0 Å². The van der Waals surface area contributed by atoms with Crippen LogP contribution in [0.1, 0.15) is 59.2 Å². The van der Waals surface area contributed by atoms with Crippen LogP contribution in [0.15, 0.2) is 29.3 Å². The van der Waals surface area contributed by atoms with E-state index in [1.165, 1.54) is 24.2 Å². The van der Waals surface area contributed by atoms with Gasteiger partial charge in [-0.2, -0.15) is 0 Å². The Bertz CT molecular complexity index is 730. The molecular formula is C22H33IN4O3. The van der Waals surface area contributed by atoms with Crippen molar-refractivity contribution in [2.75, 3.05) is 40.4 Å². The number of rotatable bonds is 10. The molecule has 1 saturated carbocycles. The summed E-state index contributed by atoms with van der Waals surface area (Å²) in [6.07, 6.45) is 6.44. The van der Waals surface area contributed by atoms with E-state index < -0.39 is 0 Å². The van der Waals surface area contributed by atoms with E-state index in [0.29, 0.717) is 23.1 Å². The number of unbranched alkanes of at least 4 members (excludes halogenated alkanes) is 1. The number of imide groups is 1. The molecule has 1 heterocycles. The van der Waals surface area contributed by atoms with Gasteiger partial charge < -0.3 is 15.4 Å². The number of ether oxygens (including phenoxy) is 1. The highest BCUT2D eigenvalue weighted by molar-refractivity contribution is 14.0. The number of amides is 2. The quantitative estimate of drug-likeness (QED) is 0.160. The smallest absolute Gasteiger partial charge is 0.261 e. The van der Waals surface area contributed by atoms with E-state index >= 15 is 0 Å². The van der Waals surface area contributed by atoms with Gasteiger partial charge in [0, 0.05) is 40.4 Å². The number of nitrogens with one attached hydrogen (secondary N) is 2. The summed E-state index contributed by atoms with van der Waals surface area (Å²) in [6, 6.07) is 7.01. The molecule has 2 aliphatic rings. The Morgan fingerprint density at radius 3 is 2.33 bits per heavy atom. The lowest BCUT2D eigenvalue weighted by atomic mass is 9.67. The largest absolute Gasteiger partial charge is 0.385 e. The van der Waals surface area contributed by atoms with Crippen molar-refractivity contribution >= 4 is 41.8 Å². The lowest BCUT2D eigenvalue weighted by molar-refractivity contribution is 0.0652. The Morgan fingerprint density at radius 1 is 1.13 bits per heavy atom. The first-order valence-electron chi connectivity index (χ1n) is 10.5. The van der Waals surface area contributed by atoms with Gasteiger partial charge in [0.2, 0.25) is 0 Å².